The predicted molar refractivity (Wildman–Crippen MR) is 94.3 cm³/mol. The molecule has 3 rings (SSSR count). The number of fused-ring (bicyclic) bond motifs is 1. The molecule has 1 heterocycles. The summed E-state index contributed by atoms with van der Waals surface area (Å²) in [5.74, 6) is -0.477. The van der Waals surface area contributed by atoms with E-state index in [4.69, 9.17) is 4.74 Å². The Kier molecular flexibility index (Phi) is 5.31. The lowest BCUT2D eigenvalue weighted by Crippen LogP contribution is -2.41. The Labute approximate surface area is 159 Å². The maximum absolute atomic E-state index is 13.2. The quantitative estimate of drug-likeness (QED) is 0.764. The smallest absolute Gasteiger partial charge is 0.429 e. The fraction of sp³-hybridized carbons (Fsp3) is 0.211. The van der Waals surface area contributed by atoms with Crippen molar-refractivity contribution in [3.63, 3.8) is 0 Å². The third-order valence-electron chi connectivity index (χ3n) is 4.18. The van der Waals surface area contributed by atoms with Crippen molar-refractivity contribution in [2.24, 2.45) is 0 Å². The number of alkyl halides is 3. The summed E-state index contributed by atoms with van der Waals surface area (Å²) in [6.45, 7) is 0. The second-order valence-electron chi connectivity index (χ2n) is 6.21. The number of aliphatic hydroxyl groups is 1. The van der Waals surface area contributed by atoms with E-state index in [1.165, 1.54) is 6.07 Å². The van der Waals surface area contributed by atoms with Gasteiger partial charge in [-0.05, 0) is 29.8 Å². The number of halogens is 3. The Hall–Kier alpha value is -2.65. The number of aliphatic hydroxyl groups excluding tert-OH is 1. The summed E-state index contributed by atoms with van der Waals surface area (Å²) in [7, 11) is -3.77. The predicted octanol–water partition coefficient (Wildman–Crippen LogP) is 2.93. The summed E-state index contributed by atoms with van der Waals surface area (Å²) in [4.78, 5) is 10.7. The molecule has 0 radical (unpaired) electrons. The number of ether oxygens (including phenoxy) is 1. The first-order chi connectivity index (χ1) is 13.1. The van der Waals surface area contributed by atoms with E-state index in [0.29, 0.717) is 5.56 Å². The van der Waals surface area contributed by atoms with Crippen LogP contribution in [0.1, 0.15) is 11.1 Å². The van der Waals surface area contributed by atoms with E-state index in [1.807, 2.05) is 0 Å². The molecule has 2 unspecified atom stereocenters. The van der Waals surface area contributed by atoms with E-state index < -0.39 is 33.8 Å². The van der Waals surface area contributed by atoms with Crippen LogP contribution in [-0.2, 0) is 20.4 Å². The van der Waals surface area contributed by atoms with Gasteiger partial charge < -0.3 is 14.6 Å². The van der Waals surface area contributed by atoms with Crippen LogP contribution < -0.4 is 4.74 Å². The highest BCUT2D eigenvalue weighted by molar-refractivity contribution is 7.90. The minimum atomic E-state index is -4.86. The number of rotatable bonds is 5. The van der Waals surface area contributed by atoms with Crippen LogP contribution in [0.4, 0.5) is 13.2 Å². The molecule has 1 aliphatic heterocycles. The van der Waals surface area contributed by atoms with E-state index in [-0.39, 0.29) is 28.2 Å². The highest BCUT2D eigenvalue weighted by Gasteiger charge is 2.47. The van der Waals surface area contributed by atoms with Crippen molar-refractivity contribution >= 4 is 22.2 Å². The van der Waals surface area contributed by atoms with Crippen molar-refractivity contribution < 1.29 is 36.2 Å². The fourth-order valence-electron chi connectivity index (χ4n) is 2.84. The second-order valence-corrected chi connectivity index (χ2v) is 8.20. The minimum absolute atomic E-state index is 0.0329. The van der Waals surface area contributed by atoms with Gasteiger partial charge in [-0.15, -0.1) is 0 Å². The van der Waals surface area contributed by atoms with Crippen LogP contribution in [0.25, 0.3) is 6.08 Å². The summed E-state index contributed by atoms with van der Waals surface area (Å²) >= 11 is 0. The molecule has 9 heteroatoms. The van der Waals surface area contributed by atoms with Gasteiger partial charge in [0.15, 0.2) is 16.1 Å². The van der Waals surface area contributed by atoms with E-state index in [1.54, 1.807) is 30.3 Å². The van der Waals surface area contributed by atoms with Crippen LogP contribution in [0.2, 0.25) is 0 Å². The van der Waals surface area contributed by atoms with Crippen molar-refractivity contribution in [3.8, 4) is 5.75 Å². The zero-order valence-electron chi connectivity index (χ0n) is 14.3. The first-order valence-corrected chi connectivity index (χ1v) is 9.76. The van der Waals surface area contributed by atoms with Crippen LogP contribution in [0.3, 0.4) is 0 Å². The van der Waals surface area contributed by atoms with Gasteiger partial charge in [-0.3, -0.25) is 0 Å². The topological polar surface area (TPSA) is 80.7 Å². The van der Waals surface area contributed by atoms with Crippen LogP contribution in [0.15, 0.2) is 59.0 Å². The van der Waals surface area contributed by atoms with Crippen molar-refractivity contribution in [3.05, 3.63) is 65.2 Å². The summed E-state index contributed by atoms with van der Waals surface area (Å²) in [5.41, 5.74) is -0.112. The van der Waals surface area contributed by atoms with Gasteiger partial charge in [-0.25, -0.2) is 8.42 Å². The van der Waals surface area contributed by atoms with Gasteiger partial charge in [0.05, 0.1) is 10.6 Å². The van der Waals surface area contributed by atoms with Crippen LogP contribution >= 0.6 is 0 Å². The molecule has 0 aliphatic carbocycles. The van der Waals surface area contributed by atoms with E-state index in [2.05, 4.69) is 0 Å². The molecule has 2 aromatic rings. The zero-order chi connectivity index (χ0) is 20.5. The summed E-state index contributed by atoms with van der Waals surface area (Å²) in [6.07, 6.45) is -8.48. The Bertz CT molecular complexity index is 1010. The van der Waals surface area contributed by atoms with Crippen molar-refractivity contribution in [1.82, 2.24) is 0 Å². The Morgan fingerprint density at radius 2 is 1.82 bits per heavy atom. The van der Waals surface area contributed by atoms with Gasteiger partial charge in [0.2, 0.25) is 6.10 Å². The largest absolute Gasteiger partial charge is 0.476 e. The Morgan fingerprint density at radius 1 is 1.14 bits per heavy atom. The molecule has 0 aromatic heterocycles. The fourth-order valence-corrected chi connectivity index (χ4v) is 4.22. The van der Waals surface area contributed by atoms with E-state index >= 15 is 0 Å². The Balaban J connectivity index is 2.01. The van der Waals surface area contributed by atoms with Gasteiger partial charge in [-0.1, -0.05) is 30.3 Å². The van der Waals surface area contributed by atoms with Gasteiger partial charge in [-0.2, -0.15) is 13.2 Å². The lowest BCUT2D eigenvalue weighted by Gasteiger charge is -2.30. The van der Waals surface area contributed by atoms with Crippen LogP contribution in [0.5, 0.6) is 5.75 Å². The average molecular weight is 412 g/mol. The third kappa shape index (κ3) is 4.10. The number of benzene rings is 2. The lowest BCUT2D eigenvalue weighted by atomic mass is 9.97. The molecule has 5 nitrogen and oxygen atoms in total. The zero-order valence-corrected chi connectivity index (χ0v) is 15.1. The molecule has 0 spiro atoms. The first kappa shape index (κ1) is 20.1. The van der Waals surface area contributed by atoms with Gasteiger partial charge >= 0.3 is 6.18 Å². The number of hydrogen-bond donors (Lipinski definition) is 1. The molecule has 0 bridgehead atoms. The number of hydrogen-bond acceptors (Lipinski definition) is 5. The molecule has 0 amide bonds. The highest BCUT2D eigenvalue weighted by atomic mass is 32.2. The molecule has 0 saturated carbocycles. The molecule has 1 aliphatic rings. The number of aldehydes is 1. The molecular formula is C19H15F3O5S. The summed E-state index contributed by atoms with van der Waals surface area (Å²) < 4.78 is 69.8. The second kappa shape index (κ2) is 7.40. The van der Waals surface area contributed by atoms with Gasteiger partial charge in [0.1, 0.15) is 11.9 Å². The molecule has 2 atom stereocenters. The van der Waals surface area contributed by atoms with Gasteiger partial charge in [0.25, 0.3) is 0 Å². The number of sulfone groups is 1. The highest BCUT2D eigenvalue weighted by Crippen LogP contribution is 2.39. The molecule has 2 aromatic carbocycles. The summed E-state index contributed by atoms with van der Waals surface area (Å²) in [6, 6.07) is 11.9. The standard InChI is InChI=1S/C19H15F3O5S/c20-19(21,22)18-15(16(24)10-23)9-13-8-14(6-7-17(13)27-18)28(25,26)11-12-4-2-1-3-5-12/h1-10,16,18,24H,11H2. The maximum atomic E-state index is 13.2. The van der Waals surface area contributed by atoms with E-state index in [0.717, 1.165) is 18.2 Å². The van der Waals surface area contributed by atoms with Gasteiger partial charge in [0, 0.05) is 11.1 Å². The third-order valence-corrected chi connectivity index (χ3v) is 5.86. The first-order valence-electron chi connectivity index (χ1n) is 8.11. The maximum Gasteiger partial charge on any atom is 0.429 e. The molecule has 148 valence electrons. The SMILES string of the molecule is O=CC(O)C1=Cc2cc(S(=O)(=O)Cc3ccccc3)ccc2OC1C(F)(F)F. The average Bonchev–Trinajstić information content (AvgIpc) is 2.65. The molecule has 0 fully saturated rings. The number of carbonyl (C=O) groups is 1. The van der Waals surface area contributed by atoms with Crippen LogP contribution in [0, 0.1) is 0 Å². The number of carbonyl (C=O) groups excluding carboxylic acids is 1. The minimum Gasteiger partial charge on any atom is -0.476 e. The normalized spacial score (nSPS) is 17.9. The molecule has 28 heavy (non-hydrogen) atoms. The van der Waals surface area contributed by atoms with E-state index in [9.17, 15) is 31.5 Å². The lowest BCUT2D eigenvalue weighted by molar-refractivity contribution is -0.186. The molecule has 1 N–H and O–H groups in total. The van der Waals surface area contributed by atoms with Crippen molar-refractivity contribution in [1.29, 1.82) is 0 Å². The van der Waals surface area contributed by atoms with Crippen molar-refractivity contribution in [2.45, 2.75) is 29.0 Å². The Morgan fingerprint density at radius 3 is 2.43 bits per heavy atom. The molecular weight excluding hydrogens is 397 g/mol. The monoisotopic (exact) mass is 412 g/mol. The van der Waals surface area contributed by atoms with Crippen LogP contribution in [-0.4, -0.2) is 38.2 Å². The summed E-state index contributed by atoms with van der Waals surface area (Å²) in [5, 5.41) is 9.63. The van der Waals surface area contributed by atoms with Crippen molar-refractivity contribution in [2.75, 3.05) is 0 Å². The molecule has 0 saturated heterocycles.